The van der Waals surface area contributed by atoms with Crippen LogP contribution < -0.4 is 0 Å². The van der Waals surface area contributed by atoms with Gasteiger partial charge in [-0.3, -0.25) is 0 Å². The van der Waals surface area contributed by atoms with Crippen LogP contribution in [0, 0.1) is 0 Å². The highest BCUT2D eigenvalue weighted by atomic mass is 32.1. The molecule has 2 unspecified atom stereocenters. The topological polar surface area (TPSA) is 29.5 Å². The van der Waals surface area contributed by atoms with Gasteiger partial charge in [0.2, 0.25) is 0 Å². The molecule has 2 rings (SSSR count). The molecule has 3 heteroatoms. The fourth-order valence-electron chi connectivity index (χ4n) is 2.01. The minimum Gasteiger partial charge on any atom is -0.387 e. The first-order valence-electron chi connectivity index (χ1n) is 5.55. The van der Waals surface area contributed by atoms with Gasteiger partial charge in [-0.25, -0.2) is 0 Å². The molecule has 84 valence electrons. The fourth-order valence-corrected chi connectivity index (χ4v) is 3.09. The summed E-state index contributed by atoms with van der Waals surface area (Å²) in [4.78, 5) is 2.66. The average molecular weight is 226 g/mol. The van der Waals surface area contributed by atoms with Crippen LogP contribution in [0.2, 0.25) is 0 Å². The van der Waals surface area contributed by atoms with Crippen LogP contribution in [0.1, 0.15) is 30.0 Å². The Labute approximate surface area is 94.9 Å². The second kappa shape index (κ2) is 4.24. The molecule has 0 bridgehead atoms. The van der Waals surface area contributed by atoms with Gasteiger partial charge in [0.15, 0.2) is 0 Å². The molecule has 1 aromatic heterocycles. The highest BCUT2D eigenvalue weighted by molar-refractivity contribution is 7.12. The third-order valence-electron chi connectivity index (χ3n) is 3.21. The number of hydrogen-bond acceptors (Lipinski definition) is 3. The Morgan fingerprint density at radius 1 is 1.53 bits per heavy atom. The van der Waals surface area contributed by atoms with E-state index in [-0.39, 0.29) is 6.10 Å². The van der Waals surface area contributed by atoms with Crippen LogP contribution in [-0.4, -0.2) is 23.4 Å². The van der Waals surface area contributed by atoms with Crippen LogP contribution in [0.4, 0.5) is 0 Å². The summed E-state index contributed by atoms with van der Waals surface area (Å²) in [5.74, 6) is 0. The van der Waals surface area contributed by atoms with E-state index in [9.17, 15) is 5.11 Å². The summed E-state index contributed by atoms with van der Waals surface area (Å²) in [5.41, 5.74) is -0.643. The van der Waals surface area contributed by atoms with Gasteiger partial charge >= 0.3 is 0 Å². The molecule has 1 N–H and O–H groups in total. The molecule has 0 saturated carbocycles. The van der Waals surface area contributed by atoms with Crippen molar-refractivity contribution in [2.75, 3.05) is 6.61 Å². The van der Waals surface area contributed by atoms with E-state index in [2.05, 4.69) is 19.1 Å². The monoisotopic (exact) mass is 226 g/mol. The SMILES string of the molecule is CCc1ccc(CC2(O)CCOC2C)s1. The molecule has 0 aromatic carbocycles. The standard InChI is InChI=1S/C12H18O2S/c1-3-10-4-5-11(15-10)8-12(13)6-7-14-9(12)2/h4-5,9,13H,3,6-8H2,1-2H3. The van der Waals surface area contributed by atoms with Gasteiger partial charge < -0.3 is 9.84 Å². The lowest BCUT2D eigenvalue weighted by atomic mass is 9.92. The lowest BCUT2D eigenvalue weighted by Crippen LogP contribution is -2.38. The third kappa shape index (κ3) is 2.25. The molecule has 1 saturated heterocycles. The molecule has 2 atom stereocenters. The Balaban J connectivity index is 2.07. The summed E-state index contributed by atoms with van der Waals surface area (Å²) in [6.07, 6.45) is 2.53. The van der Waals surface area contributed by atoms with Gasteiger partial charge in [-0.1, -0.05) is 6.92 Å². The zero-order chi connectivity index (χ0) is 10.9. The Morgan fingerprint density at radius 2 is 2.27 bits per heavy atom. The number of rotatable bonds is 3. The van der Waals surface area contributed by atoms with E-state index in [1.807, 2.05) is 6.92 Å². The van der Waals surface area contributed by atoms with Crippen LogP contribution in [0.15, 0.2) is 12.1 Å². The van der Waals surface area contributed by atoms with Crippen molar-refractivity contribution < 1.29 is 9.84 Å². The first-order chi connectivity index (χ1) is 7.14. The van der Waals surface area contributed by atoms with Crippen molar-refractivity contribution >= 4 is 11.3 Å². The molecule has 1 aliphatic rings. The molecule has 0 radical (unpaired) electrons. The normalized spacial score (nSPS) is 31.0. The van der Waals surface area contributed by atoms with Crippen LogP contribution in [0.5, 0.6) is 0 Å². The third-order valence-corrected chi connectivity index (χ3v) is 4.44. The lowest BCUT2D eigenvalue weighted by Gasteiger charge is -2.25. The predicted octanol–water partition coefficient (Wildman–Crippen LogP) is 2.39. The van der Waals surface area contributed by atoms with Gasteiger partial charge in [0.1, 0.15) is 0 Å². The van der Waals surface area contributed by atoms with Gasteiger partial charge in [-0.05, 0) is 25.5 Å². The summed E-state index contributed by atoms with van der Waals surface area (Å²) in [5, 5.41) is 10.4. The summed E-state index contributed by atoms with van der Waals surface area (Å²) >= 11 is 1.80. The highest BCUT2D eigenvalue weighted by Crippen LogP contribution is 2.31. The molecule has 15 heavy (non-hydrogen) atoms. The van der Waals surface area contributed by atoms with Crippen molar-refractivity contribution in [1.29, 1.82) is 0 Å². The second-order valence-electron chi connectivity index (χ2n) is 4.26. The van der Waals surface area contributed by atoms with Crippen LogP contribution in [-0.2, 0) is 17.6 Å². The Kier molecular flexibility index (Phi) is 3.14. The van der Waals surface area contributed by atoms with Crippen molar-refractivity contribution in [2.24, 2.45) is 0 Å². The van der Waals surface area contributed by atoms with E-state index >= 15 is 0 Å². The van der Waals surface area contributed by atoms with Gasteiger partial charge in [0, 0.05) is 29.2 Å². The Morgan fingerprint density at radius 3 is 2.80 bits per heavy atom. The van der Waals surface area contributed by atoms with E-state index in [4.69, 9.17) is 4.74 Å². The van der Waals surface area contributed by atoms with Crippen LogP contribution in [0.3, 0.4) is 0 Å². The zero-order valence-corrected chi connectivity index (χ0v) is 10.1. The van der Waals surface area contributed by atoms with Crippen molar-refractivity contribution in [2.45, 2.75) is 44.8 Å². The van der Waals surface area contributed by atoms with E-state index in [1.165, 1.54) is 9.75 Å². The van der Waals surface area contributed by atoms with E-state index in [1.54, 1.807) is 11.3 Å². The molecule has 1 aliphatic heterocycles. The molecule has 2 heterocycles. The number of thiophene rings is 1. The molecule has 0 spiro atoms. The molecule has 1 aromatic rings. The second-order valence-corrected chi connectivity index (χ2v) is 5.52. The van der Waals surface area contributed by atoms with Gasteiger partial charge in [-0.2, -0.15) is 0 Å². The predicted molar refractivity (Wildman–Crippen MR) is 62.4 cm³/mol. The maximum atomic E-state index is 10.4. The zero-order valence-electron chi connectivity index (χ0n) is 9.32. The first kappa shape index (κ1) is 11.1. The van der Waals surface area contributed by atoms with Crippen molar-refractivity contribution in [3.05, 3.63) is 21.9 Å². The lowest BCUT2D eigenvalue weighted by molar-refractivity contribution is -0.0263. The minimum absolute atomic E-state index is 0.0373. The molecule has 1 fully saturated rings. The van der Waals surface area contributed by atoms with Crippen molar-refractivity contribution in [3.63, 3.8) is 0 Å². The largest absolute Gasteiger partial charge is 0.387 e. The maximum Gasteiger partial charge on any atom is 0.0975 e. The molecule has 0 aliphatic carbocycles. The van der Waals surface area contributed by atoms with Gasteiger partial charge in [-0.15, -0.1) is 11.3 Å². The van der Waals surface area contributed by atoms with Crippen molar-refractivity contribution in [1.82, 2.24) is 0 Å². The smallest absolute Gasteiger partial charge is 0.0975 e. The van der Waals surface area contributed by atoms with Crippen molar-refractivity contribution in [3.8, 4) is 0 Å². The average Bonchev–Trinajstić information content (AvgIpc) is 2.76. The van der Waals surface area contributed by atoms with Crippen LogP contribution in [0.25, 0.3) is 0 Å². The Bertz CT molecular complexity index is 334. The first-order valence-corrected chi connectivity index (χ1v) is 6.37. The molecule has 2 nitrogen and oxygen atoms in total. The van der Waals surface area contributed by atoms with E-state index in [0.717, 1.165) is 19.3 Å². The molecular weight excluding hydrogens is 208 g/mol. The molecular formula is C12H18O2S. The highest BCUT2D eigenvalue weighted by Gasteiger charge is 2.39. The molecule has 0 amide bonds. The summed E-state index contributed by atoms with van der Waals surface area (Å²) in [6.45, 7) is 4.80. The summed E-state index contributed by atoms with van der Waals surface area (Å²) in [6, 6.07) is 4.29. The van der Waals surface area contributed by atoms with Crippen LogP contribution >= 0.6 is 11.3 Å². The maximum absolute atomic E-state index is 10.4. The van der Waals surface area contributed by atoms with Gasteiger partial charge in [0.25, 0.3) is 0 Å². The quantitative estimate of drug-likeness (QED) is 0.857. The van der Waals surface area contributed by atoms with E-state index < -0.39 is 5.60 Å². The Hall–Kier alpha value is -0.380. The van der Waals surface area contributed by atoms with Gasteiger partial charge in [0.05, 0.1) is 11.7 Å². The fraction of sp³-hybridized carbons (Fsp3) is 0.667. The summed E-state index contributed by atoms with van der Waals surface area (Å²) in [7, 11) is 0. The summed E-state index contributed by atoms with van der Waals surface area (Å²) < 4.78 is 5.43. The number of hydrogen-bond donors (Lipinski definition) is 1. The van der Waals surface area contributed by atoms with E-state index in [0.29, 0.717) is 6.61 Å². The number of aliphatic hydroxyl groups is 1. The minimum atomic E-state index is -0.643. The number of aryl methyl sites for hydroxylation is 1. The number of ether oxygens (including phenoxy) is 1.